The summed E-state index contributed by atoms with van der Waals surface area (Å²) in [6, 6.07) is 9.49. The highest BCUT2D eigenvalue weighted by Crippen LogP contribution is 2.40. The van der Waals surface area contributed by atoms with Crippen molar-refractivity contribution in [2.75, 3.05) is 6.54 Å². The summed E-state index contributed by atoms with van der Waals surface area (Å²) in [4.78, 5) is 11.3. The van der Waals surface area contributed by atoms with Crippen LogP contribution in [0.1, 0.15) is 23.6 Å². The number of carbonyl (C=O) groups excluding carboxylic acids is 1. The second-order valence-electron chi connectivity index (χ2n) is 5.29. The summed E-state index contributed by atoms with van der Waals surface area (Å²) in [5.74, 6) is -0.460. The molecule has 1 heterocycles. The van der Waals surface area contributed by atoms with Crippen molar-refractivity contribution in [1.29, 1.82) is 5.26 Å². The minimum Gasteiger partial charge on any atom is -0.288 e. The van der Waals surface area contributed by atoms with Gasteiger partial charge in [0, 0.05) is 13.0 Å². The first-order valence-electron chi connectivity index (χ1n) is 6.96. The van der Waals surface area contributed by atoms with Crippen LogP contribution in [0.15, 0.2) is 36.4 Å². The van der Waals surface area contributed by atoms with Gasteiger partial charge in [0.1, 0.15) is 6.07 Å². The second-order valence-corrected chi connectivity index (χ2v) is 5.29. The maximum atomic E-state index is 13.6. The van der Waals surface area contributed by atoms with Gasteiger partial charge >= 0.3 is 6.18 Å². The van der Waals surface area contributed by atoms with E-state index in [0.29, 0.717) is 10.8 Å². The Morgan fingerprint density at radius 1 is 1.22 bits per heavy atom. The quantitative estimate of drug-likeness (QED) is 0.925. The summed E-state index contributed by atoms with van der Waals surface area (Å²) < 4.78 is 40.8. The van der Waals surface area contributed by atoms with Gasteiger partial charge in [-0.05, 0) is 16.3 Å². The molecule has 0 aliphatic carbocycles. The smallest absolute Gasteiger partial charge is 0.288 e. The van der Waals surface area contributed by atoms with Crippen molar-refractivity contribution in [2.45, 2.75) is 18.6 Å². The van der Waals surface area contributed by atoms with Crippen molar-refractivity contribution in [3.63, 3.8) is 0 Å². The summed E-state index contributed by atoms with van der Waals surface area (Å²) in [6.45, 7) is -0.0549. The van der Waals surface area contributed by atoms with Crippen LogP contribution in [0.2, 0.25) is 0 Å². The molecule has 1 aliphatic rings. The fourth-order valence-electron chi connectivity index (χ4n) is 2.85. The predicted molar refractivity (Wildman–Crippen MR) is 76.9 cm³/mol. The number of nitrogens with zero attached hydrogens (tertiary/aromatic N) is 2. The normalized spacial score (nSPS) is 17.0. The first kappa shape index (κ1) is 15.3. The molecule has 23 heavy (non-hydrogen) atoms. The molecule has 118 valence electrons. The molecule has 0 radical (unpaired) electrons. The monoisotopic (exact) mass is 319 g/mol. The van der Waals surface area contributed by atoms with E-state index >= 15 is 0 Å². The van der Waals surface area contributed by atoms with Crippen molar-refractivity contribution in [3.05, 3.63) is 47.5 Å². The van der Waals surface area contributed by atoms with Crippen LogP contribution in [-0.2, 0) is 4.79 Å². The lowest BCUT2D eigenvalue weighted by Crippen LogP contribution is -2.44. The highest BCUT2D eigenvalue weighted by Gasteiger charge is 2.48. The van der Waals surface area contributed by atoms with E-state index in [-0.39, 0.29) is 24.1 Å². The molecule has 1 fully saturated rings. The number of carbonyl (C=O) groups is 1. The van der Waals surface area contributed by atoms with Crippen LogP contribution in [0, 0.1) is 11.3 Å². The standard InChI is InChI=1S/C16H12F3N3O/c17-16(18,19)15(22-8-7-14(23)21-22)12-6-5-10-3-1-2-4-11(10)13(12)9-20/h1-6,15H,7-8H2,(H,21,23)/t15-/m0/s1. The molecule has 1 amide bonds. The average molecular weight is 319 g/mol. The van der Waals surface area contributed by atoms with Crippen LogP contribution < -0.4 is 5.43 Å². The lowest BCUT2D eigenvalue weighted by Gasteiger charge is -2.30. The third-order valence-corrected chi connectivity index (χ3v) is 3.84. The molecule has 0 spiro atoms. The Hall–Kier alpha value is -2.59. The minimum atomic E-state index is -4.62. The van der Waals surface area contributed by atoms with Gasteiger partial charge in [0.25, 0.3) is 0 Å². The topological polar surface area (TPSA) is 56.1 Å². The molecule has 1 saturated heterocycles. The number of hydrogen-bond acceptors (Lipinski definition) is 3. The van der Waals surface area contributed by atoms with Gasteiger partial charge in [0.15, 0.2) is 6.04 Å². The van der Waals surface area contributed by atoms with Gasteiger partial charge in [-0.25, -0.2) is 5.01 Å². The van der Waals surface area contributed by atoms with Crippen molar-refractivity contribution in [2.24, 2.45) is 0 Å². The number of nitrogens with one attached hydrogen (secondary N) is 1. The zero-order valence-corrected chi connectivity index (χ0v) is 11.9. The molecule has 0 saturated carbocycles. The van der Waals surface area contributed by atoms with Crippen LogP contribution in [-0.4, -0.2) is 23.6 Å². The Bertz CT molecular complexity index is 810. The maximum absolute atomic E-state index is 13.6. The lowest BCUT2D eigenvalue weighted by atomic mass is 9.94. The summed E-state index contributed by atoms with van der Waals surface area (Å²) in [5, 5.41) is 11.4. The number of rotatable bonds is 2. The van der Waals surface area contributed by atoms with Crippen LogP contribution in [0.3, 0.4) is 0 Å². The van der Waals surface area contributed by atoms with Crippen molar-refractivity contribution < 1.29 is 18.0 Å². The van der Waals surface area contributed by atoms with E-state index in [4.69, 9.17) is 0 Å². The molecule has 1 atom stereocenters. The van der Waals surface area contributed by atoms with E-state index < -0.39 is 18.1 Å². The fraction of sp³-hybridized carbons (Fsp3) is 0.250. The molecule has 3 rings (SSSR count). The Morgan fingerprint density at radius 3 is 2.57 bits per heavy atom. The van der Waals surface area contributed by atoms with Crippen molar-refractivity contribution >= 4 is 16.7 Å². The van der Waals surface area contributed by atoms with E-state index in [1.54, 1.807) is 30.3 Å². The molecular formula is C16H12F3N3O. The molecule has 2 aromatic carbocycles. The number of benzene rings is 2. The van der Waals surface area contributed by atoms with E-state index in [0.717, 1.165) is 5.01 Å². The summed E-state index contributed by atoms with van der Waals surface area (Å²) in [7, 11) is 0. The number of nitriles is 1. The van der Waals surface area contributed by atoms with Crippen LogP contribution in [0.4, 0.5) is 13.2 Å². The third kappa shape index (κ3) is 2.73. The average Bonchev–Trinajstić information content (AvgIpc) is 2.91. The zero-order valence-electron chi connectivity index (χ0n) is 11.9. The van der Waals surface area contributed by atoms with Gasteiger partial charge in [-0.2, -0.15) is 18.4 Å². The highest BCUT2D eigenvalue weighted by molar-refractivity contribution is 5.89. The summed E-state index contributed by atoms with van der Waals surface area (Å²) in [5.41, 5.74) is 2.05. The number of halogens is 3. The Morgan fingerprint density at radius 2 is 1.96 bits per heavy atom. The van der Waals surface area contributed by atoms with E-state index in [9.17, 15) is 23.2 Å². The molecule has 1 aliphatic heterocycles. The number of alkyl halides is 3. The molecule has 7 heteroatoms. The summed E-state index contributed by atoms with van der Waals surface area (Å²) >= 11 is 0. The molecule has 0 unspecified atom stereocenters. The number of hydrogen-bond donors (Lipinski definition) is 1. The zero-order chi connectivity index (χ0) is 16.6. The molecule has 0 bridgehead atoms. The second kappa shape index (κ2) is 5.56. The lowest BCUT2D eigenvalue weighted by molar-refractivity contribution is -0.191. The first-order chi connectivity index (χ1) is 10.9. The highest BCUT2D eigenvalue weighted by atomic mass is 19.4. The first-order valence-corrected chi connectivity index (χ1v) is 6.96. The molecule has 0 aromatic heterocycles. The number of amides is 1. The maximum Gasteiger partial charge on any atom is 0.409 e. The van der Waals surface area contributed by atoms with Gasteiger partial charge in [-0.15, -0.1) is 0 Å². The van der Waals surface area contributed by atoms with Crippen molar-refractivity contribution in [1.82, 2.24) is 10.4 Å². The van der Waals surface area contributed by atoms with Gasteiger partial charge in [0.2, 0.25) is 5.91 Å². The van der Waals surface area contributed by atoms with E-state index in [2.05, 4.69) is 5.43 Å². The molecule has 1 N–H and O–H groups in total. The Labute approximate surface area is 130 Å². The number of fused-ring (bicyclic) bond motifs is 1. The fourth-order valence-corrected chi connectivity index (χ4v) is 2.85. The van der Waals surface area contributed by atoms with Gasteiger partial charge < -0.3 is 0 Å². The van der Waals surface area contributed by atoms with Gasteiger partial charge in [-0.1, -0.05) is 36.4 Å². The predicted octanol–water partition coefficient (Wildman–Crippen LogP) is 3.05. The number of hydrazine groups is 1. The molecule has 4 nitrogen and oxygen atoms in total. The SMILES string of the molecule is N#Cc1c([C@H](N2CCC(=O)N2)C(F)(F)F)ccc2ccccc12. The van der Waals surface area contributed by atoms with E-state index in [1.807, 2.05) is 6.07 Å². The van der Waals surface area contributed by atoms with Crippen LogP contribution >= 0.6 is 0 Å². The largest absolute Gasteiger partial charge is 0.409 e. The van der Waals surface area contributed by atoms with Gasteiger partial charge in [0.05, 0.1) is 5.56 Å². The van der Waals surface area contributed by atoms with Crippen LogP contribution in [0.5, 0.6) is 0 Å². The minimum absolute atomic E-state index is 0.00203. The molecular weight excluding hydrogens is 307 g/mol. The van der Waals surface area contributed by atoms with E-state index in [1.165, 1.54) is 6.07 Å². The Balaban J connectivity index is 2.18. The van der Waals surface area contributed by atoms with Crippen LogP contribution in [0.25, 0.3) is 10.8 Å². The summed E-state index contributed by atoms with van der Waals surface area (Å²) in [6.07, 6.45) is -4.62. The third-order valence-electron chi connectivity index (χ3n) is 3.84. The molecule has 2 aromatic rings. The van der Waals surface area contributed by atoms with Crippen molar-refractivity contribution in [3.8, 4) is 6.07 Å². The Kier molecular flexibility index (Phi) is 3.70. The van der Waals surface area contributed by atoms with Gasteiger partial charge in [-0.3, -0.25) is 10.2 Å².